The lowest BCUT2D eigenvalue weighted by Gasteiger charge is -2.00. The lowest BCUT2D eigenvalue weighted by Crippen LogP contribution is -2.12. The monoisotopic (exact) mass is 228 g/mol. The Kier molecular flexibility index (Phi) is 5.83. The average molecular weight is 228 g/mol. The van der Waals surface area contributed by atoms with Gasteiger partial charge in [0.15, 0.2) is 0 Å². The number of ether oxygens (including phenoxy) is 1. The van der Waals surface area contributed by atoms with Gasteiger partial charge in [-0.15, -0.1) is 11.3 Å². The molecule has 0 saturated carbocycles. The van der Waals surface area contributed by atoms with E-state index in [1.54, 1.807) is 7.11 Å². The Morgan fingerprint density at radius 2 is 2.20 bits per heavy atom. The first kappa shape index (κ1) is 12.6. The van der Waals surface area contributed by atoms with Crippen molar-refractivity contribution in [3.63, 3.8) is 0 Å². The second-order valence-electron chi connectivity index (χ2n) is 3.44. The molecule has 1 heterocycles. The predicted molar refractivity (Wildman–Crippen MR) is 64.2 cm³/mol. The summed E-state index contributed by atoms with van der Waals surface area (Å²) in [4.78, 5) is 5.92. The van der Waals surface area contributed by atoms with Crippen LogP contribution in [0.3, 0.4) is 0 Å². The van der Waals surface area contributed by atoms with Crippen molar-refractivity contribution in [3.05, 3.63) is 15.6 Å². The normalized spacial score (nSPS) is 10.9. The molecule has 0 aliphatic carbocycles. The van der Waals surface area contributed by atoms with Gasteiger partial charge in [0.1, 0.15) is 0 Å². The molecule has 0 aliphatic heterocycles. The third kappa shape index (κ3) is 3.89. The fourth-order valence-corrected chi connectivity index (χ4v) is 2.53. The Bertz CT molecular complexity index is 286. The number of nitrogens with one attached hydrogen (secondary N) is 1. The number of thiazole rings is 1. The molecule has 86 valence electrons. The summed E-state index contributed by atoms with van der Waals surface area (Å²) in [5, 5.41) is 4.57. The quantitative estimate of drug-likeness (QED) is 0.778. The molecule has 0 fully saturated rings. The van der Waals surface area contributed by atoms with Crippen molar-refractivity contribution in [1.29, 1.82) is 0 Å². The Hall–Kier alpha value is -0.450. The number of hydrogen-bond donors (Lipinski definition) is 1. The third-order valence-electron chi connectivity index (χ3n) is 2.10. The third-order valence-corrected chi connectivity index (χ3v) is 3.26. The van der Waals surface area contributed by atoms with Crippen LogP contribution in [0.2, 0.25) is 0 Å². The molecule has 0 spiro atoms. The average Bonchev–Trinajstić information content (AvgIpc) is 2.59. The highest BCUT2D eigenvalue weighted by Crippen LogP contribution is 2.20. The highest BCUT2D eigenvalue weighted by atomic mass is 32.1. The maximum atomic E-state index is 5.16. The smallest absolute Gasteiger partial charge is 0.0932 e. The van der Waals surface area contributed by atoms with Crippen LogP contribution in [-0.2, 0) is 24.3 Å². The van der Waals surface area contributed by atoms with Crippen LogP contribution in [0.5, 0.6) is 0 Å². The predicted octanol–water partition coefficient (Wildman–Crippen LogP) is 2.35. The van der Waals surface area contributed by atoms with E-state index in [0.717, 1.165) is 31.6 Å². The highest BCUT2D eigenvalue weighted by Gasteiger charge is 2.09. The summed E-state index contributed by atoms with van der Waals surface area (Å²) < 4.78 is 5.16. The number of methoxy groups -OCH3 is 1. The van der Waals surface area contributed by atoms with Crippen molar-refractivity contribution in [1.82, 2.24) is 10.3 Å². The van der Waals surface area contributed by atoms with Crippen molar-refractivity contribution in [2.75, 3.05) is 13.7 Å². The van der Waals surface area contributed by atoms with Crippen molar-refractivity contribution >= 4 is 11.3 Å². The summed E-state index contributed by atoms with van der Waals surface area (Å²) in [5.41, 5.74) is 1.10. The van der Waals surface area contributed by atoms with Gasteiger partial charge in [-0.05, 0) is 19.4 Å². The van der Waals surface area contributed by atoms with E-state index in [0.29, 0.717) is 6.61 Å². The van der Waals surface area contributed by atoms with E-state index in [2.05, 4.69) is 24.1 Å². The van der Waals surface area contributed by atoms with Gasteiger partial charge in [0.2, 0.25) is 0 Å². The Morgan fingerprint density at radius 1 is 1.40 bits per heavy atom. The lowest BCUT2D eigenvalue weighted by molar-refractivity contribution is 0.181. The summed E-state index contributed by atoms with van der Waals surface area (Å²) in [6.07, 6.45) is 2.23. The van der Waals surface area contributed by atoms with Crippen LogP contribution < -0.4 is 5.32 Å². The molecule has 0 radical (unpaired) electrons. The van der Waals surface area contributed by atoms with E-state index in [1.807, 2.05) is 11.3 Å². The van der Waals surface area contributed by atoms with E-state index in [4.69, 9.17) is 4.74 Å². The van der Waals surface area contributed by atoms with E-state index in [1.165, 1.54) is 9.88 Å². The van der Waals surface area contributed by atoms with Crippen LogP contribution in [0.4, 0.5) is 0 Å². The summed E-state index contributed by atoms with van der Waals surface area (Å²) >= 11 is 1.81. The van der Waals surface area contributed by atoms with Crippen LogP contribution >= 0.6 is 11.3 Å². The maximum absolute atomic E-state index is 5.16. The number of aromatic nitrogens is 1. The van der Waals surface area contributed by atoms with Gasteiger partial charge in [-0.3, -0.25) is 0 Å². The van der Waals surface area contributed by atoms with Crippen LogP contribution in [0, 0.1) is 0 Å². The first-order valence-electron chi connectivity index (χ1n) is 5.48. The fourth-order valence-electron chi connectivity index (χ4n) is 1.38. The zero-order valence-electron chi connectivity index (χ0n) is 9.80. The van der Waals surface area contributed by atoms with Crippen molar-refractivity contribution in [2.45, 2.75) is 39.8 Å². The van der Waals surface area contributed by atoms with E-state index < -0.39 is 0 Å². The van der Waals surface area contributed by atoms with Gasteiger partial charge in [-0.2, -0.15) is 0 Å². The molecule has 1 rings (SSSR count). The zero-order chi connectivity index (χ0) is 11.1. The molecule has 15 heavy (non-hydrogen) atoms. The second-order valence-corrected chi connectivity index (χ2v) is 4.61. The molecule has 1 aromatic rings. The molecule has 0 saturated heterocycles. The molecule has 0 atom stereocenters. The minimum atomic E-state index is 0.626. The number of rotatable bonds is 7. The standard InChI is InChI=1S/C11H20N2OS/c1-4-6-11-13-9(8-14-3)10(15-11)7-12-5-2/h12H,4-8H2,1-3H3. The molecule has 0 unspecified atom stereocenters. The highest BCUT2D eigenvalue weighted by molar-refractivity contribution is 7.11. The summed E-state index contributed by atoms with van der Waals surface area (Å²) in [5.74, 6) is 0. The number of aryl methyl sites for hydroxylation is 1. The first-order chi connectivity index (χ1) is 7.31. The summed E-state index contributed by atoms with van der Waals surface area (Å²) in [6.45, 7) is 6.83. The van der Waals surface area contributed by atoms with Crippen LogP contribution in [0.15, 0.2) is 0 Å². The summed E-state index contributed by atoms with van der Waals surface area (Å²) in [7, 11) is 1.72. The van der Waals surface area contributed by atoms with Gasteiger partial charge >= 0.3 is 0 Å². The van der Waals surface area contributed by atoms with Gasteiger partial charge in [-0.1, -0.05) is 13.8 Å². The first-order valence-corrected chi connectivity index (χ1v) is 6.30. The van der Waals surface area contributed by atoms with Crippen LogP contribution in [-0.4, -0.2) is 18.6 Å². The van der Waals surface area contributed by atoms with Crippen molar-refractivity contribution in [3.8, 4) is 0 Å². The minimum absolute atomic E-state index is 0.626. The molecule has 1 aromatic heterocycles. The fraction of sp³-hybridized carbons (Fsp3) is 0.727. The Morgan fingerprint density at radius 3 is 2.80 bits per heavy atom. The van der Waals surface area contributed by atoms with Crippen LogP contribution in [0.25, 0.3) is 0 Å². The van der Waals surface area contributed by atoms with Gasteiger partial charge < -0.3 is 10.1 Å². The summed E-state index contributed by atoms with van der Waals surface area (Å²) in [6, 6.07) is 0. The second kappa shape index (κ2) is 6.93. The number of nitrogens with zero attached hydrogens (tertiary/aromatic N) is 1. The topological polar surface area (TPSA) is 34.1 Å². The van der Waals surface area contributed by atoms with Gasteiger partial charge in [0.05, 0.1) is 17.3 Å². The zero-order valence-corrected chi connectivity index (χ0v) is 10.6. The van der Waals surface area contributed by atoms with Crippen molar-refractivity contribution in [2.24, 2.45) is 0 Å². The molecular weight excluding hydrogens is 208 g/mol. The molecule has 1 N–H and O–H groups in total. The Balaban J connectivity index is 2.70. The van der Waals surface area contributed by atoms with Gasteiger partial charge in [-0.25, -0.2) is 4.98 Å². The molecule has 0 aliphatic rings. The maximum Gasteiger partial charge on any atom is 0.0932 e. The molecular formula is C11H20N2OS. The van der Waals surface area contributed by atoms with Crippen LogP contribution in [0.1, 0.15) is 35.8 Å². The largest absolute Gasteiger partial charge is 0.378 e. The van der Waals surface area contributed by atoms with E-state index in [9.17, 15) is 0 Å². The lowest BCUT2D eigenvalue weighted by atomic mass is 10.3. The van der Waals surface area contributed by atoms with Gasteiger partial charge in [0.25, 0.3) is 0 Å². The Labute approximate surface area is 95.9 Å². The SMILES string of the molecule is CCCc1nc(COC)c(CNCC)s1. The van der Waals surface area contributed by atoms with Crippen molar-refractivity contribution < 1.29 is 4.74 Å². The van der Waals surface area contributed by atoms with Gasteiger partial charge in [0, 0.05) is 18.5 Å². The molecule has 0 aromatic carbocycles. The number of hydrogen-bond acceptors (Lipinski definition) is 4. The molecule has 3 nitrogen and oxygen atoms in total. The molecule has 0 amide bonds. The van der Waals surface area contributed by atoms with E-state index in [-0.39, 0.29) is 0 Å². The molecule has 0 bridgehead atoms. The minimum Gasteiger partial charge on any atom is -0.378 e. The molecule has 4 heteroatoms. The van der Waals surface area contributed by atoms with E-state index >= 15 is 0 Å².